The standard InChI is InChI=1S/C18H25NO3/c1-21-15-11-6-4-2-3-5-10-14-19-18(20)22-16-17-12-8-7-9-13-17/h4,6-9,11-13,15H,2-3,5,10,14,16H2,1H3,(H,19,20)/b6-4+,15-11+. The van der Waals surface area contributed by atoms with E-state index in [1.807, 2.05) is 42.5 Å². The van der Waals surface area contributed by atoms with E-state index >= 15 is 0 Å². The highest BCUT2D eigenvalue weighted by Crippen LogP contribution is 2.02. The smallest absolute Gasteiger partial charge is 0.407 e. The second kappa shape index (κ2) is 12.5. The van der Waals surface area contributed by atoms with Crippen LogP contribution in [0.2, 0.25) is 0 Å². The lowest BCUT2D eigenvalue weighted by molar-refractivity contribution is 0.139. The summed E-state index contributed by atoms with van der Waals surface area (Å²) >= 11 is 0. The highest BCUT2D eigenvalue weighted by Gasteiger charge is 2.01. The normalized spacial score (nSPS) is 11.0. The van der Waals surface area contributed by atoms with Crippen LogP contribution in [0.3, 0.4) is 0 Å². The lowest BCUT2D eigenvalue weighted by Gasteiger charge is -2.06. The molecule has 0 aliphatic heterocycles. The summed E-state index contributed by atoms with van der Waals surface area (Å²) in [5.74, 6) is 0. The molecule has 0 heterocycles. The van der Waals surface area contributed by atoms with Crippen LogP contribution in [0.4, 0.5) is 4.79 Å². The van der Waals surface area contributed by atoms with Crippen LogP contribution >= 0.6 is 0 Å². The topological polar surface area (TPSA) is 47.6 Å². The van der Waals surface area contributed by atoms with E-state index in [9.17, 15) is 4.79 Å². The van der Waals surface area contributed by atoms with Crippen molar-refractivity contribution in [2.45, 2.75) is 32.3 Å². The molecule has 0 saturated heterocycles. The highest BCUT2D eigenvalue weighted by molar-refractivity contribution is 5.67. The van der Waals surface area contributed by atoms with Crippen LogP contribution in [0.1, 0.15) is 31.2 Å². The van der Waals surface area contributed by atoms with Gasteiger partial charge in [0.05, 0.1) is 13.4 Å². The summed E-state index contributed by atoms with van der Waals surface area (Å²) in [6.45, 7) is 0.966. The fourth-order valence-corrected chi connectivity index (χ4v) is 1.83. The summed E-state index contributed by atoms with van der Waals surface area (Å²) in [4.78, 5) is 11.5. The maximum Gasteiger partial charge on any atom is 0.407 e. The van der Waals surface area contributed by atoms with E-state index in [4.69, 9.17) is 9.47 Å². The van der Waals surface area contributed by atoms with Crippen molar-refractivity contribution in [2.24, 2.45) is 0 Å². The molecule has 120 valence electrons. The first-order valence-electron chi connectivity index (χ1n) is 7.62. The van der Waals surface area contributed by atoms with Crippen molar-refractivity contribution < 1.29 is 14.3 Å². The van der Waals surface area contributed by atoms with Crippen LogP contribution in [-0.2, 0) is 16.1 Å². The molecule has 0 aromatic heterocycles. The van der Waals surface area contributed by atoms with E-state index in [-0.39, 0.29) is 6.09 Å². The average molecular weight is 303 g/mol. The lowest BCUT2D eigenvalue weighted by atomic mass is 10.2. The number of benzene rings is 1. The molecule has 0 radical (unpaired) electrons. The van der Waals surface area contributed by atoms with E-state index in [1.165, 1.54) is 0 Å². The predicted octanol–water partition coefficient (Wildman–Crippen LogP) is 4.19. The van der Waals surface area contributed by atoms with Crippen molar-refractivity contribution in [1.29, 1.82) is 0 Å². The molecule has 0 saturated carbocycles. The molecule has 1 aromatic rings. The zero-order valence-electron chi connectivity index (χ0n) is 13.2. The largest absolute Gasteiger partial charge is 0.504 e. The number of alkyl carbamates (subject to hydrolysis) is 1. The van der Waals surface area contributed by atoms with Crippen LogP contribution in [0.25, 0.3) is 0 Å². The first-order valence-corrected chi connectivity index (χ1v) is 7.62. The van der Waals surface area contributed by atoms with Crippen molar-refractivity contribution >= 4 is 6.09 Å². The van der Waals surface area contributed by atoms with Gasteiger partial charge in [-0.2, -0.15) is 0 Å². The summed E-state index contributed by atoms with van der Waals surface area (Å²) in [6.07, 6.45) is 11.4. The SMILES string of the molecule is CO/C=C/C=C/CCCCCNC(=O)OCc1ccccc1. The summed E-state index contributed by atoms with van der Waals surface area (Å²) in [5.41, 5.74) is 0.993. The molecule has 1 aromatic carbocycles. The van der Waals surface area contributed by atoms with Crippen LogP contribution in [0.15, 0.2) is 54.8 Å². The third-order valence-corrected chi connectivity index (χ3v) is 2.99. The molecule has 0 bridgehead atoms. The maximum atomic E-state index is 11.5. The lowest BCUT2D eigenvalue weighted by Crippen LogP contribution is -2.25. The first kappa shape index (κ1) is 17.8. The monoisotopic (exact) mass is 303 g/mol. The number of carbonyl (C=O) groups is 1. The van der Waals surface area contributed by atoms with E-state index in [2.05, 4.69) is 11.4 Å². The van der Waals surface area contributed by atoms with E-state index in [0.717, 1.165) is 31.2 Å². The fourth-order valence-electron chi connectivity index (χ4n) is 1.83. The van der Waals surface area contributed by atoms with E-state index < -0.39 is 0 Å². The molecule has 0 fully saturated rings. The Balaban J connectivity index is 1.95. The number of amides is 1. The summed E-state index contributed by atoms with van der Waals surface area (Å²) in [7, 11) is 1.63. The Morgan fingerprint density at radius 1 is 1.14 bits per heavy atom. The Hall–Kier alpha value is -2.23. The Morgan fingerprint density at radius 2 is 1.95 bits per heavy atom. The summed E-state index contributed by atoms with van der Waals surface area (Å²) in [6, 6.07) is 9.66. The van der Waals surface area contributed by atoms with Crippen molar-refractivity contribution in [3.05, 3.63) is 60.4 Å². The highest BCUT2D eigenvalue weighted by atomic mass is 16.5. The van der Waals surface area contributed by atoms with Crippen LogP contribution in [0.5, 0.6) is 0 Å². The molecule has 4 heteroatoms. The predicted molar refractivity (Wildman–Crippen MR) is 88.4 cm³/mol. The quantitative estimate of drug-likeness (QED) is 0.400. The summed E-state index contributed by atoms with van der Waals surface area (Å²) in [5, 5.41) is 2.76. The van der Waals surface area contributed by atoms with Gasteiger partial charge in [0.15, 0.2) is 0 Å². The molecule has 1 rings (SSSR count). The third kappa shape index (κ3) is 9.64. The number of hydrogen-bond acceptors (Lipinski definition) is 3. The van der Waals surface area contributed by atoms with E-state index in [1.54, 1.807) is 13.4 Å². The van der Waals surface area contributed by atoms with Gasteiger partial charge in [-0.25, -0.2) is 4.79 Å². The molecule has 4 nitrogen and oxygen atoms in total. The third-order valence-electron chi connectivity index (χ3n) is 2.99. The van der Waals surface area contributed by atoms with Gasteiger partial charge in [0.2, 0.25) is 0 Å². The molecule has 1 amide bonds. The summed E-state index contributed by atoms with van der Waals surface area (Å²) < 4.78 is 9.92. The zero-order chi connectivity index (χ0) is 15.9. The molecular weight excluding hydrogens is 278 g/mol. The van der Waals surface area contributed by atoms with Crippen LogP contribution < -0.4 is 5.32 Å². The number of rotatable bonds is 10. The number of allylic oxidation sites excluding steroid dienone is 3. The number of carbonyl (C=O) groups excluding carboxylic acids is 1. The Bertz CT molecular complexity index is 455. The maximum absolute atomic E-state index is 11.5. The molecule has 22 heavy (non-hydrogen) atoms. The first-order chi connectivity index (χ1) is 10.8. The Labute approximate surface area is 132 Å². The molecule has 0 aliphatic rings. The van der Waals surface area contributed by atoms with Gasteiger partial charge >= 0.3 is 6.09 Å². The van der Waals surface area contributed by atoms with Crippen LogP contribution in [-0.4, -0.2) is 19.7 Å². The number of nitrogens with one attached hydrogen (secondary N) is 1. The number of methoxy groups -OCH3 is 1. The molecular formula is C18H25NO3. The van der Waals surface area contributed by atoms with Gasteiger partial charge in [-0.1, -0.05) is 48.9 Å². The Kier molecular flexibility index (Phi) is 10.1. The van der Waals surface area contributed by atoms with Gasteiger partial charge in [-0.15, -0.1) is 0 Å². The van der Waals surface area contributed by atoms with Crippen molar-refractivity contribution in [1.82, 2.24) is 5.32 Å². The molecule has 0 aliphatic carbocycles. The van der Waals surface area contributed by atoms with Crippen LogP contribution in [0, 0.1) is 0 Å². The van der Waals surface area contributed by atoms with Gasteiger partial charge in [-0.3, -0.25) is 0 Å². The van der Waals surface area contributed by atoms with Crippen molar-refractivity contribution in [2.75, 3.05) is 13.7 Å². The molecule has 0 spiro atoms. The molecule has 1 N–H and O–H groups in total. The molecule has 0 unspecified atom stereocenters. The number of unbranched alkanes of at least 4 members (excludes halogenated alkanes) is 3. The van der Waals surface area contributed by atoms with Crippen molar-refractivity contribution in [3.63, 3.8) is 0 Å². The van der Waals surface area contributed by atoms with Gasteiger partial charge < -0.3 is 14.8 Å². The molecule has 0 atom stereocenters. The van der Waals surface area contributed by atoms with Gasteiger partial charge in [-0.05, 0) is 30.9 Å². The van der Waals surface area contributed by atoms with Gasteiger partial charge in [0.25, 0.3) is 0 Å². The van der Waals surface area contributed by atoms with Gasteiger partial charge in [0, 0.05) is 6.54 Å². The second-order valence-electron chi connectivity index (χ2n) is 4.83. The number of hydrogen-bond donors (Lipinski definition) is 1. The minimum atomic E-state index is -0.353. The minimum absolute atomic E-state index is 0.312. The zero-order valence-corrected chi connectivity index (χ0v) is 13.2. The van der Waals surface area contributed by atoms with Crippen molar-refractivity contribution in [3.8, 4) is 0 Å². The average Bonchev–Trinajstić information content (AvgIpc) is 2.55. The fraction of sp³-hybridized carbons (Fsp3) is 0.389. The van der Waals surface area contributed by atoms with E-state index in [0.29, 0.717) is 13.2 Å². The minimum Gasteiger partial charge on any atom is -0.504 e. The Morgan fingerprint density at radius 3 is 2.73 bits per heavy atom. The number of ether oxygens (including phenoxy) is 2. The second-order valence-corrected chi connectivity index (χ2v) is 4.83. The van der Waals surface area contributed by atoms with Gasteiger partial charge in [0.1, 0.15) is 6.61 Å².